The minimum Gasteiger partial charge on any atom is -0.429 e. The first kappa shape index (κ1) is 29.0. The summed E-state index contributed by atoms with van der Waals surface area (Å²) in [5, 5.41) is 0.0175. The molecule has 1 fully saturated rings. The third kappa shape index (κ3) is 6.71. The molecule has 1 aliphatic rings. The number of carbonyl (C=O) groups is 1. The van der Waals surface area contributed by atoms with Crippen LogP contribution in [0.2, 0.25) is 36.3 Å². The zero-order valence-corrected chi connectivity index (χ0v) is 26.0. The number of ether oxygens (including phenoxy) is 2. The molecule has 0 aromatic heterocycles. The van der Waals surface area contributed by atoms with E-state index in [1.165, 1.54) is 0 Å². The van der Waals surface area contributed by atoms with Crippen LogP contribution in [0.4, 0.5) is 0 Å². The largest absolute Gasteiger partial charge is 0.429 e. The maximum Gasteiger partial charge on any atom is 0.340 e. The Hall–Kier alpha value is -0.226. The molecule has 2 rings (SSSR count). The van der Waals surface area contributed by atoms with Gasteiger partial charge in [-0.2, -0.15) is 0 Å². The topological polar surface area (TPSA) is 54.0 Å². The molecule has 188 valence electrons. The van der Waals surface area contributed by atoms with Gasteiger partial charge >= 0.3 is 5.97 Å². The summed E-state index contributed by atoms with van der Waals surface area (Å²) in [6.45, 7) is 22.1. The molecule has 4 unspecified atom stereocenters. The maximum absolute atomic E-state index is 12.8. The van der Waals surface area contributed by atoms with E-state index >= 15 is 0 Å². The van der Waals surface area contributed by atoms with Gasteiger partial charge in [0.25, 0.3) is 0 Å². The van der Waals surface area contributed by atoms with Crippen LogP contribution in [-0.2, 0) is 18.3 Å². The van der Waals surface area contributed by atoms with Gasteiger partial charge in [-0.1, -0.05) is 87.3 Å². The fourth-order valence-corrected chi connectivity index (χ4v) is 6.29. The number of carbonyl (C=O) groups excluding carboxylic acids is 1. The summed E-state index contributed by atoms with van der Waals surface area (Å²) in [7, 11) is -4.27. The van der Waals surface area contributed by atoms with Gasteiger partial charge in [0.1, 0.15) is 12.2 Å². The van der Waals surface area contributed by atoms with Gasteiger partial charge in [-0.25, -0.2) is 4.79 Å². The van der Waals surface area contributed by atoms with Gasteiger partial charge in [-0.15, -0.1) is 0 Å². The Kier molecular flexibility index (Phi) is 8.82. The highest BCUT2D eigenvalue weighted by atomic mass is 79.9. The number of benzene rings is 1. The number of esters is 1. The smallest absolute Gasteiger partial charge is 0.340 e. The Morgan fingerprint density at radius 2 is 1.55 bits per heavy atom. The van der Waals surface area contributed by atoms with E-state index in [0.29, 0.717) is 12.2 Å². The summed E-state index contributed by atoms with van der Waals surface area (Å²) < 4.78 is 23.9. The Morgan fingerprint density at radius 3 is 2.03 bits per heavy atom. The second kappa shape index (κ2) is 10.0. The van der Waals surface area contributed by atoms with Crippen LogP contribution in [0.15, 0.2) is 30.3 Å². The highest BCUT2D eigenvalue weighted by Crippen LogP contribution is 2.49. The van der Waals surface area contributed by atoms with Crippen LogP contribution in [0.1, 0.15) is 51.9 Å². The first-order valence-corrected chi connectivity index (χ1v) is 18.4. The molecule has 5 nitrogen and oxygen atoms in total. The molecule has 0 aliphatic carbocycles. The third-order valence-corrected chi connectivity index (χ3v) is 17.4. The van der Waals surface area contributed by atoms with Crippen molar-refractivity contribution < 1.29 is 23.1 Å². The predicted octanol–water partition coefficient (Wildman–Crippen LogP) is 7.31. The number of rotatable bonds is 7. The van der Waals surface area contributed by atoms with Crippen molar-refractivity contribution in [2.75, 3.05) is 6.61 Å². The lowest BCUT2D eigenvalue weighted by molar-refractivity contribution is -0.114. The predicted molar refractivity (Wildman–Crippen MR) is 143 cm³/mol. The van der Waals surface area contributed by atoms with Gasteiger partial charge in [0, 0.05) is 0 Å². The van der Waals surface area contributed by atoms with Gasteiger partial charge in [-0.05, 0) is 48.4 Å². The molecule has 0 amide bonds. The summed E-state index contributed by atoms with van der Waals surface area (Å²) in [5.74, 6) is -0.498. The standard InChI is InChI=1S/C24H40BrClO5Si2/c1-22(2,3)32(7,8)28-16-18-19(31-33(9,10)23(4,5)6)24(25,26)21(29-18)30-20(27)17-14-12-11-13-15-17/h11-15,18-19,21H,16H2,1-10H3. The van der Waals surface area contributed by atoms with Crippen LogP contribution in [-0.4, -0.2) is 51.5 Å². The van der Waals surface area contributed by atoms with Crippen molar-refractivity contribution in [3.63, 3.8) is 0 Å². The lowest BCUT2D eigenvalue weighted by Gasteiger charge is -2.42. The fraction of sp³-hybridized carbons (Fsp3) is 0.708. The average molecular weight is 580 g/mol. The zero-order valence-electron chi connectivity index (χ0n) is 21.6. The first-order valence-electron chi connectivity index (χ1n) is 11.4. The van der Waals surface area contributed by atoms with E-state index in [2.05, 4.69) is 83.7 Å². The molecule has 0 saturated carbocycles. The van der Waals surface area contributed by atoms with Crippen LogP contribution >= 0.6 is 27.5 Å². The fourth-order valence-electron chi connectivity index (χ4n) is 2.83. The number of hydrogen-bond acceptors (Lipinski definition) is 5. The molecule has 1 saturated heterocycles. The molecule has 9 heteroatoms. The van der Waals surface area contributed by atoms with E-state index < -0.39 is 44.9 Å². The van der Waals surface area contributed by atoms with Crippen molar-refractivity contribution in [3.05, 3.63) is 35.9 Å². The quantitative estimate of drug-likeness (QED) is 0.193. The maximum atomic E-state index is 12.8. The molecule has 0 spiro atoms. The second-order valence-corrected chi connectivity index (χ2v) is 23.8. The highest BCUT2D eigenvalue weighted by Gasteiger charge is 2.60. The number of alkyl halides is 2. The minimum absolute atomic E-state index is 0.0311. The van der Waals surface area contributed by atoms with Crippen LogP contribution in [0.5, 0.6) is 0 Å². The van der Waals surface area contributed by atoms with Gasteiger partial charge in [0.2, 0.25) is 6.29 Å². The normalized spacial score (nSPS) is 27.0. The van der Waals surface area contributed by atoms with E-state index in [1.807, 2.05) is 6.07 Å². The number of hydrogen-bond donors (Lipinski definition) is 0. The molecule has 0 N–H and O–H groups in total. The van der Waals surface area contributed by atoms with E-state index in [1.54, 1.807) is 24.3 Å². The zero-order chi connectivity index (χ0) is 25.5. The van der Waals surface area contributed by atoms with Crippen molar-refractivity contribution in [1.82, 2.24) is 0 Å². The molecule has 1 heterocycles. The van der Waals surface area contributed by atoms with Crippen molar-refractivity contribution in [1.29, 1.82) is 0 Å². The van der Waals surface area contributed by atoms with Crippen LogP contribution < -0.4 is 0 Å². The van der Waals surface area contributed by atoms with Crippen LogP contribution in [0.3, 0.4) is 0 Å². The van der Waals surface area contributed by atoms with Crippen molar-refractivity contribution in [3.8, 4) is 0 Å². The van der Waals surface area contributed by atoms with Gasteiger partial charge in [0.05, 0.1) is 12.2 Å². The lowest BCUT2D eigenvalue weighted by atomic mass is 10.2. The lowest BCUT2D eigenvalue weighted by Crippen LogP contribution is -2.52. The minimum atomic E-state index is -2.22. The molecule has 0 radical (unpaired) electrons. The molecule has 4 atom stereocenters. The Morgan fingerprint density at radius 1 is 1.03 bits per heavy atom. The molecule has 33 heavy (non-hydrogen) atoms. The van der Waals surface area contributed by atoms with Gasteiger partial charge in [0.15, 0.2) is 20.4 Å². The Bertz CT molecular complexity index is 818. The Labute approximate surface area is 215 Å². The van der Waals surface area contributed by atoms with E-state index in [4.69, 9.17) is 29.9 Å². The summed E-state index contributed by atoms with van der Waals surface area (Å²) in [6.07, 6.45) is -2.08. The molecular weight excluding hydrogens is 540 g/mol. The van der Waals surface area contributed by atoms with Crippen molar-refractivity contribution >= 4 is 50.1 Å². The summed E-state index contributed by atoms with van der Waals surface area (Å²) in [6, 6.07) is 8.81. The second-order valence-electron chi connectivity index (χ2n) is 11.8. The first-order chi connectivity index (χ1) is 14.8. The van der Waals surface area contributed by atoms with E-state index in [0.717, 1.165) is 0 Å². The molecule has 1 aromatic rings. The van der Waals surface area contributed by atoms with Gasteiger partial charge in [-0.3, -0.25) is 0 Å². The third-order valence-electron chi connectivity index (χ3n) is 7.20. The molecule has 0 bridgehead atoms. The van der Waals surface area contributed by atoms with E-state index in [9.17, 15) is 4.79 Å². The van der Waals surface area contributed by atoms with Crippen LogP contribution in [0.25, 0.3) is 0 Å². The SMILES string of the molecule is CC(C)(C)[Si](C)(C)OCC1OC(OC(=O)c2ccccc2)C(Cl)(Br)C1O[Si](C)(C)C(C)(C)C. The Balaban J connectivity index is 2.31. The summed E-state index contributed by atoms with van der Waals surface area (Å²) in [4.78, 5) is 12.8. The summed E-state index contributed by atoms with van der Waals surface area (Å²) in [5.41, 5.74) is 0.434. The molecule has 1 aliphatic heterocycles. The highest BCUT2D eigenvalue weighted by molar-refractivity contribution is 9.10. The summed E-state index contributed by atoms with van der Waals surface area (Å²) >= 11 is 10.6. The monoisotopic (exact) mass is 578 g/mol. The molecular formula is C24H40BrClO5Si2. The van der Waals surface area contributed by atoms with Crippen LogP contribution in [0, 0.1) is 0 Å². The van der Waals surface area contributed by atoms with Crippen molar-refractivity contribution in [2.45, 2.75) is 100 Å². The average Bonchev–Trinajstić information content (AvgIpc) is 2.89. The van der Waals surface area contributed by atoms with E-state index in [-0.39, 0.29) is 10.1 Å². The van der Waals surface area contributed by atoms with Gasteiger partial charge < -0.3 is 18.3 Å². The molecule has 1 aromatic carbocycles. The number of halogens is 2. The van der Waals surface area contributed by atoms with Crippen molar-refractivity contribution in [2.24, 2.45) is 0 Å².